The molecule has 1 aromatic rings. The zero-order valence-corrected chi connectivity index (χ0v) is 13.6. The third kappa shape index (κ3) is 4.92. The van der Waals surface area contributed by atoms with Gasteiger partial charge in [0, 0.05) is 18.1 Å². The molecule has 1 aliphatic rings. The van der Waals surface area contributed by atoms with Crippen LogP contribution in [-0.2, 0) is 13.0 Å². The molecule has 0 unspecified atom stereocenters. The average molecular weight is 274 g/mol. The lowest BCUT2D eigenvalue weighted by Crippen LogP contribution is -2.37. The molecule has 1 fully saturated rings. The highest BCUT2D eigenvalue weighted by atomic mass is 15.1. The second-order valence-electron chi connectivity index (χ2n) is 7.24. The molecule has 2 heteroatoms. The molecule has 0 amide bonds. The van der Waals surface area contributed by atoms with Crippen LogP contribution in [0.3, 0.4) is 0 Å². The molecule has 0 bridgehead atoms. The fourth-order valence-electron chi connectivity index (χ4n) is 2.64. The van der Waals surface area contributed by atoms with Crippen LogP contribution in [0.1, 0.15) is 51.2 Å². The van der Waals surface area contributed by atoms with Gasteiger partial charge in [-0.25, -0.2) is 0 Å². The van der Waals surface area contributed by atoms with Gasteiger partial charge in [-0.2, -0.15) is 0 Å². The van der Waals surface area contributed by atoms with Crippen molar-refractivity contribution in [2.75, 3.05) is 13.6 Å². The first-order valence-electron chi connectivity index (χ1n) is 7.97. The lowest BCUT2D eigenvalue weighted by atomic mass is 9.91. The third-order valence-electron chi connectivity index (χ3n) is 4.22. The summed E-state index contributed by atoms with van der Waals surface area (Å²) in [5.74, 6) is 0. The monoisotopic (exact) mass is 274 g/mol. The first kappa shape index (κ1) is 15.5. The highest BCUT2D eigenvalue weighted by molar-refractivity contribution is 5.23. The molecule has 0 aliphatic heterocycles. The first-order chi connectivity index (χ1) is 9.44. The molecule has 1 aliphatic carbocycles. The Balaban J connectivity index is 1.77. The number of nitrogens with one attached hydrogen (secondary N) is 1. The quantitative estimate of drug-likeness (QED) is 0.852. The summed E-state index contributed by atoms with van der Waals surface area (Å²) in [6, 6.07) is 9.98. The lowest BCUT2D eigenvalue weighted by Gasteiger charge is -2.34. The summed E-state index contributed by atoms with van der Waals surface area (Å²) < 4.78 is 0. The summed E-state index contributed by atoms with van der Waals surface area (Å²) in [6.45, 7) is 8.78. The Labute approximate surface area is 124 Å². The van der Waals surface area contributed by atoms with Gasteiger partial charge in [0.05, 0.1) is 0 Å². The smallest absolute Gasteiger partial charge is 0.0233 e. The number of rotatable bonds is 6. The van der Waals surface area contributed by atoms with Crippen molar-refractivity contribution in [3.8, 4) is 0 Å². The molecule has 1 saturated carbocycles. The van der Waals surface area contributed by atoms with E-state index in [2.05, 4.69) is 62.3 Å². The summed E-state index contributed by atoms with van der Waals surface area (Å²) >= 11 is 0. The molecule has 0 heterocycles. The van der Waals surface area contributed by atoms with E-state index in [1.807, 2.05) is 0 Å². The van der Waals surface area contributed by atoms with E-state index in [-0.39, 0.29) is 5.54 Å². The third-order valence-corrected chi connectivity index (χ3v) is 4.22. The maximum atomic E-state index is 3.54. The molecule has 1 N–H and O–H groups in total. The van der Waals surface area contributed by atoms with Gasteiger partial charge >= 0.3 is 0 Å². The van der Waals surface area contributed by atoms with Gasteiger partial charge < -0.3 is 5.32 Å². The minimum absolute atomic E-state index is 0.214. The number of benzene rings is 1. The second kappa shape index (κ2) is 6.73. The van der Waals surface area contributed by atoms with Gasteiger partial charge in [-0.3, -0.25) is 4.90 Å². The Morgan fingerprint density at radius 3 is 2.20 bits per heavy atom. The molecule has 1 aromatic carbocycles. The topological polar surface area (TPSA) is 15.3 Å². The molecule has 0 aromatic heterocycles. The van der Waals surface area contributed by atoms with Crippen molar-refractivity contribution >= 4 is 0 Å². The van der Waals surface area contributed by atoms with E-state index in [4.69, 9.17) is 0 Å². The van der Waals surface area contributed by atoms with E-state index in [1.54, 1.807) is 0 Å². The summed E-state index contributed by atoms with van der Waals surface area (Å²) in [5, 5.41) is 3.54. The zero-order chi connectivity index (χ0) is 14.6. The molecule has 20 heavy (non-hydrogen) atoms. The predicted molar refractivity (Wildman–Crippen MR) is 87.0 cm³/mol. The Hall–Kier alpha value is -0.860. The van der Waals surface area contributed by atoms with Crippen LogP contribution in [0.15, 0.2) is 24.3 Å². The van der Waals surface area contributed by atoms with Gasteiger partial charge in [0.25, 0.3) is 0 Å². The molecular formula is C18H30N2. The Morgan fingerprint density at radius 2 is 1.70 bits per heavy atom. The van der Waals surface area contributed by atoms with Gasteiger partial charge in [-0.05, 0) is 64.8 Å². The summed E-state index contributed by atoms with van der Waals surface area (Å²) in [6.07, 6.45) is 5.28. The highest BCUT2D eigenvalue weighted by Gasteiger charge is 2.21. The number of nitrogens with zero attached hydrogens (tertiary/aromatic N) is 1. The van der Waals surface area contributed by atoms with Crippen LogP contribution in [-0.4, -0.2) is 30.1 Å². The Bertz CT molecular complexity index is 398. The van der Waals surface area contributed by atoms with Crippen LogP contribution >= 0.6 is 0 Å². The van der Waals surface area contributed by atoms with Crippen LogP contribution in [0, 0.1) is 0 Å². The molecular weight excluding hydrogens is 244 g/mol. The van der Waals surface area contributed by atoms with Gasteiger partial charge in [0.2, 0.25) is 0 Å². The van der Waals surface area contributed by atoms with Crippen LogP contribution < -0.4 is 5.32 Å². The molecule has 0 saturated heterocycles. The van der Waals surface area contributed by atoms with E-state index in [9.17, 15) is 0 Å². The van der Waals surface area contributed by atoms with E-state index in [1.165, 1.54) is 30.4 Å². The maximum Gasteiger partial charge on any atom is 0.0233 e. The molecule has 0 atom stereocenters. The van der Waals surface area contributed by atoms with Crippen molar-refractivity contribution in [3.63, 3.8) is 0 Å². The molecule has 112 valence electrons. The summed E-state index contributed by atoms with van der Waals surface area (Å²) in [4.78, 5) is 2.50. The van der Waals surface area contributed by atoms with Crippen LogP contribution in [0.25, 0.3) is 0 Å². The normalized spacial score (nSPS) is 16.4. The first-order valence-corrected chi connectivity index (χ1v) is 7.97. The van der Waals surface area contributed by atoms with E-state index < -0.39 is 0 Å². The van der Waals surface area contributed by atoms with Gasteiger partial charge in [0.1, 0.15) is 0 Å². The van der Waals surface area contributed by atoms with Gasteiger partial charge in [-0.1, -0.05) is 30.7 Å². The molecule has 2 rings (SSSR count). The average Bonchev–Trinajstić information content (AvgIpc) is 2.27. The predicted octanol–water partition coefficient (Wildman–Crippen LogP) is 3.60. The summed E-state index contributed by atoms with van der Waals surface area (Å²) in [7, 11) is 2.25. The van der Waals surface area contributed by atoms with Crippen molar-refractivity contribution in [2.24, 2.45) is 0 Å². The van der Waals surface area contributed by atoms with Gasteiger partial charge in [-0.15, -0.1) is 0 Å². The minimum Gasteiger partial charge on any atom is -0.312 e. The van der Waals surface area contributed by atoms with Crippen molar-refractivity contribution in [1.82, 2.24) is 10.2 Å². The SMILES string of the molecule is CN(Cc1ccc(CCNC(C)(C)C)cc1)C1CCC1. The van der Waals surface area contributed by atoms with E-state index >= 15 is 0 Å². The van der Waals surface area contributed by atoms with Crippen molar-refractivity contribution < 1.29 is 0 Å². The number of hydrogen-bond acceptors (Lipinski definition) is 2. The van der Waals surface area contributed by atoms with Crippen molar-refractivity contribution in [1.29, 1.82) is 0 Å². The standard InChI is InChI=1S/C18H30N2/c1-18(2,3)19-13-12-15-8-10-16(11-9-15)14-20(4)17-6-5-7-17/h8-11,17,19H,5-7,12-14H2,1-4H3. The largest absolute Gasteiger partial charge is 0.312 e. The second-order valence-corrected chi connectivity index (χ2v) is 7.24. The van der Waals surface area contributed by atoms with Crippen molar-refractivity contribution in [2.45, 2.75) is 64.6 Å². The molecule has 0 radical (unpaired) electrons. The summed E-state index contributed by atoms with van der Waals surface area (Å²) in [5.41, 5.74) is 3.08. The molecule has 0 spiro atoms. The van der Waals surface area contributed by atoms with E-state index in [0.29, 0.717) is 0 Å². The lowest BCUT2D eigenvalue weighted by molar-refractivity contribution is 0.152. The molecule has 2 nitrogen and oxygen atoms in total. The maximum absolute atomic E-state index is 3.54. The van der Waals surface area contributed by atoms with Crippen LogP contribution in [0.4, 0.5) is 0 Å². The van der Waals surface area contributed by atoms with Crippen molar-refractivity contribution in [3.05, 3.63) is 35.4 Å². The Kier molecular flexibility index (Phi) is 5.22. The Morgan fingerprint density at radius 1 is 1.10 bits per heavy atom. The minimum atomic E-state index is 0.214. The fraction of sp³-hybridized carbons (Fsp3) is 0.667. The van der Waals surface area contributed by atoms with Gasteiger partial charge in [0.15, 0.2) is 0 Å². The number of hydrogen-bond donors (Lipinski definition) is 1. The van der Waals surface area contributed by atoms with E-state index in [0.717, 1.165) is 25.6 Å². The zero-order valence-electron chi connectivity index (χ0n) is 13.6. The van der Waals surface area contributed by atoms with Crippen LogP contribution in [0.2, 0.25) is 0 Å². The fourth-order valence-corrected chi connectivity index (χ4v) is 2.64. The highest BCUT2D eigenvalue weighted by Crippen LogP contribution is 2.24. The van der Waals surface area contributed by atoms with Crippen LogP contribution in [0.5, 0.6) is 0 Å².